The average molecular weight is 226 g/mol. The van der Waals surface area contributed by atoms with Crippen LogP contribution in [0.4, 0.5) is 0 Å². The summed E-state index contributed by atoms with van der Waals surface area (Å²) in [5.74, 6) is 0. The summed E-state index contributed by atoms with van der Waals surface area (Å²) < 4.78 is 0. The second-order valence-electron chi connectivity index (χ2n) is 5.06. The molecule has 2 nitrogen and oxygen atoms in total. The van der Waals surface area contributed by atoms with Crippen molar-refractivity contribution in [3.05, 3.63) is 16.1 Å². The van der Waals surface area contributed by atoms with Crippen LogP contribution < -0.4 is 5.32 Å². The fourth-order valence-electron chi connectivity index (χ4n) is 1.42. The van der Waals surface area contributed by atoms with Gasteiger partial charge in [-0.3, -0.25) is 0 Å². The van der Waals surface area contributed by atoms with Crippen molar-refractivity contribution in [3.63, 3.8) is 0 Å². The number of hydrogen-bond acceptors (Lipinski definition) is 3. The minimum absolute atomic E-state index is 0.159. The van der Waals surface area contributed by atoms with Gasteiger partial charge in [0.1, 0.15) is 0 Å². The normalized spacial score (nSPS) is 14.2. The molecule has 1 atom stereocenters. The van der Waals surface area contributed by atoms with Crippen LogP contribution in [0.5, 0.6) is 0 Å². The number of thiazole rings is 1. The van der Waals surface area contributed by atoms with E-state index < -0.39 is 0 Å². The van der Waals surface area contributed by atoms with E-state index in [0.29, 0.717) is 6.04 Å². The zero-order valence-corrected chi connectivity index (χ0v) is 11.2. The minimum atomic E-state index is 0.159. The molecule has 0 saturated carbocycles. The van der Waals surface area contributed by atoms with Crippen LogP contribution >= 0.6 is 11.3 Å². The minimum Gasteiger partial charge on any atom is -0.309 e. The molecule has 86 valence electrons. The lowest BCUT2D eigenvalue weighted by Gasteiger charge is -2.18. The standard InChI is InChI=1S/C12H22N2S/c1-6-9(2)13-7-10-11(12(3,4)5)14-8-15-10/h8-9,13H,6-7H2,1-5H3. The highest BCUT2D eigenvalue weighted by atomic mass is 32.1. The van der Waals surface area contributed by atoms with Crippen molar-refractivity contribution < 1.29 is 0 Å². The molecule has 1 aromatic heterocycles. The van der Waals surface area contributed by atoms with Gasteiger partial charge < -0.3 is 5.32 Å². The number of nitrogens with zero attached hydrogens (tertiary/aromatic N) is 1. The molecule has 1 unspecified atom stereocenters. The molecule has 0 saturated heterocycles. The maximum atomic E-state index is 4.47. The Hall–Kier alpha value is -0.410. The quantitative estimate of drug-likeness (QED) is 0.852. The predicted molar refractivity (Wildman–Crippen MR) is 67.4 cm³/mol. The van der Waals surface area contributed by atoms with E-state index in [1.807, 2.05) is 5.51 Å². The lowest BCUT2D eigenvalue weighted by molar-refractivity contribution is 0.520. The van der Waals surface area contributed by atoms with E-state index in [-0.39, 0.29) is 5.41 Å². The van der Waals surface area contributed by atoms with Gasteiger partial charge >= 0.3 is 0 Å². The van der Waals surface area contributed by atoms with Gasteiger partial charge in [0.2, 0.25) is 0 Å². The molecule has 1 rings (SSSR count). The van der Waals surface area contributed by atoms with Crippen LogP contribution in [-0.2, 0) is 12.0 Å². The van der Waals surface area contributed by atoms with Gasteiger partial charge in [0.05, 0.1) is 11.2 Å². The monoisotopic (exact) mass is 226 g/mol. The van der Waals surface area contributed by atoms with Gasteiger partial charge in [-0.25, -0.2) is 4.98 Å². The molecular weight excluding hydrogens is 204 g/mol. The molecule has 0 fully saturated rings. The summed E-state index contributed by atoms with van der Waals surface area (Å²) in [6.45, 7) is 12.0. The van der Waals surface area contributed by atoms with Crippen molar-refractivity contribution in [2.45, 2.75) is 59.0 Å². The average Bonchev–Trinajstić information content (AvgIpc) is 2.61. The zero-order valence-electron chi connectivity index (χ0n) is 10.4. The smallest absolute Gasteiger partial charge is 0.0798 e. The second kappa shape index (κ2) is 5.08. The predicted octanol–water partition coefficient (Wildman–Crippen LogP) is 3.33. The molecule has 0 aliphatic carbocycles. The van der Waals surface area contributed by atoms with Crippen LogP contribution in [0.1, 0.15) is 51.6 Å². The fraction of sp³-hybridized carbons (Fsp3) is 0.750. The molecular formula is C12H22N2S. The lowest BCUT2D eigenvalue weighted by Crippen LogP contribution is -2.25. The van der Waals surface area contributed by atoms with Gasteiger partial charge in [-0.2, -0.15) is 0 Å². The molecule has 0 aromatic carbocycles. The summed E-state index contributed by atoms with van der Waals surface area (Å²) in [4.78, 5) is 5.85. The molecule has 0 bridgehead atoms. The van der Waals surface area contributed by atoms with E-state index in [4.69, 9.17) is 0 Å². The maximum absolute atomic E-state index is 4.47. The lowest BCUT2D eigenvalue weighted by atomic mass is 9.91. The molecule has 15 heavy (non-hydrogen) atoms. The first kappa shape index (κ1) is 12.7. The van der Waals surface area contributed by atoms with Crippen LogP contribution in [0.15, 0.2) is 5.51 Å². The Morgan fingerprint density at radius 1 is 1.47 bits per heavy atom. The van der Waals surface area contributed by atoms with Crippen molar-refractivity contribution in [1.82, 2.24) is 10.3 Å². The van der Waals surface area contributed by atoms with Crippen LogP contribution in [0.25, 0.3) is 0 Å². The highest BCUT2D eigenvalue weighted by Gasteiger charge is 2.20. The Labute approximate surface area is 97.1 Å². The Balaban J connectivity index is 2.66. The third-order valence-corrected chi connectivity index (χ3v) is 3.41. The van der Waals surface area contributed by atoms with E-state index in [2.05, 4.69) is 44.9 Å². The Morgan fingerprint density at radius 2 is 2.13 bits per heavy atom. The van der Waals surface area contributed by atoms with E-state index in [1.165, 1.54) is 17.0 Å². The molecule has 1 aromatic rings. The third-order valence-electron chi connectivity index (χ3n) is 2.57. The first-order valence-electron chi connectivity index (χ1n) is 5.61. The number of aromatic nitrogens is 1. The van der Waals surface area contributed by atoms with Crippen LogP contribution in [0.2, 0.25) is 0 Å². The van der Waals surface area contributed by atoms with E-state index in [0.717, 1.165) is 6.54 Å². The summed E-state index contributed by atoms with van der Waals surface area (Å²) in [7, 11) is 0. The molecule has 0 amide bonds. The summed E-state index contributed by atoms with van der Waals surface area (Å²) in [6.07, 6.45) is 1.17. The van der Waals surface area contributed by atoms with Crippen molar-refractivity contribution >= 4 is 11.3 Å². The Bertz CT molecular complexity index is 299. The molecule has 3 heteroatoms. The van der Waals surface area contributed by atoms with Gasteiger partial charge in [0, 0.05) is 22.9 Å². The number of rotatable bonds is 4. The highest BCUT2D eigenvalue weighted by molar-refractivity contribution is 7.09. The van der Waals surface area contributed by atoms with Crippen LogP contribution in [-0.4, -0.2) is 11.0 Å². The number of nitrogens with one attached hydrogen (secondary N) is 1. The molecule has 1 heterocycles. The molecule has 0 radical (unpaired) electrons. The van der Waals surface area contributed by atoms with E-state index in [9.17, 15) is 0 Å². The second-order valence-corrected chi connectivity index (χ2v) is 6.00. The van der Waals surface area contributed by atoms with Crippen LogP contribution in [0, 0.1) is 0 Å². The highest BCUT2D eigenvalue weighted by Crippen LogP contribution is 2.26. The number of hydrogen-bond donors (Lipinski definition) is 1. The van der Waals surface area contributed by atoms with Crippen LogP contribution in [0.3, 0.4) is 0 Å². The molecule has 0 spiro atoms. The molecule has 0 aliphatic rings. The topological polar surface area (TPSA) is 24.9 Å². The molecule has 1 N–H and O–H groups in total. The Kier molecular flexibility index (Phi) is 4.29. The fourth-order valence-corrected chi connectivity index (χ4v) is 2.34. The summed E-state index contributed by atoms with van der Waals surface area (Å²) in [5, 5.41) is 3.52. The van der Waals surface area contributed by atoms with Gasteiger partial charge in [0.15, 0.2) is 0 Å². The summed E-state index contributed by atoms with van der Waals surface area (Å²) in [5.41, 5.74) is 3.35. The largest absolute Gasteiger partial charge is 0.309 e. The van der Waals surface area contributed by atoms with Crippen molar-refractivity contribution in [1.29, 1.82) is 0 Å². The van der Waals surface area contributed by atoms with Gasteiger partial charge in [-0.1, -0.05) is 27.7 Å². The zero-order chi connectivity index (χ0) is 11.5. The third kappa shape index (κ3) is 3.58. The first-order valence-corrected chi connectivity index (χ1v) is 6.49. The SMILES string of the molecule is CCC(C)NCc1scnc1C(C)(C)C. The summed E-state index contributed by atoms with van der Waals surface area (Å²) in [6, 6.07) is 0.583. The first-order chi connectivity index (χ1) is 6.95. The van der Waals surface area contributed by atoms with E-state index >= 15 is 0 Å². The molecule has 0 aliphatic heterocycles. The van der Waals surface area contributed by atoms with Crippen molar-refractivity contribution in [2.75, 3.05) is 0 Å². The Morgan fingerprint density at radius 3 is 2.67 bits per heavy atom. The van der Waals surface area contributed by atoms with Gasteiger partial charge in [-0.15, -0.1) is 11.3 Å². The van der Waals surface area contributed by atoms with E-state index in [1.54, 1.807) is 11.3 Å². The van der Waals surface area contributed by atoms with Crippen molar-refractivity contribution in [2.24, 2.45) is 0 Å². The summed E-state index contributed by atoms with van der Waals surface area (Å²) >= 11 is 1.76. The maximum Gasteiger partial charge on any atom is 0.0798 e. The van der Waals surface area contributed by atoms with Gasteiger partial charge in [-0.05, 0) is 13.3 Å². The van der Waals surface area contributed by atoms with Crippen molar-refractivity contribution in [3.8, 4) is 0 Å². The van der Waals surface area contributed by atoms with Gasteiger partial charge in [0.25, 0.3) is 0 Å².